The lowest BCUT2D eigenvalue weighted by molar-refractivity contribution is 0.475. The molecule has 3 aromatic carbocycles. The van der Waals surface area contributed by atoms with Crippen LogP contribution in [0.4, 0.5) is 0 Å². The van der Waals surface area contributed by atoms with E-state index in [1.54, 1.807) is 41.2 Å². The second kappa shape index (κ2) is 8.16. The molecule has 0 aliphatic carbocycles. The molecule has 0 bridgehead atoms. The van der Waals surface area contributed by atoms with Crippen molar-refractivity contribution in [3.63, 3.8) is 0 Å². The SMILES string of the molecule is Oc1ccc(-n2cc(-c3ccc4c(Oc5cc(Cl)cc(I)c5)cccc4n3)nn2)cc1. The van der Waals surface area contributed by atoms with Crippen molar-refractivity contribution in [3.8, 4) is 34.3 Å². The Labute approximate surface area is 196 Å². The molecule has 8 heteroatoms. The molecule has 0 amide bonds. The summed E-state index contributed by atoms with van der Waals surface area (Å²) in [5.41, 5.74) is 2.92. The molecule has 0 spiro atoms. The molecule has 0 aliphatic heterocycles. The quantitative estimate of drug-likeness (QED) is 0.273. The normalized spacial score (nSPS) is 11.0. The molecule has 0 radical (unpaired) electrons. The van der Waals surface area contributed by atoms with Crippen molar-refractivity contribution in [2.75, 3.05) is 0 Å². The van der Waals surface area contributed by atoms with Crippen LogP contribution in [0.2, 0.25) is 5.02 Å². The maximum Gasteiger partial charge on any atom is 0.136 e. The highest BCUT2D eigenvalue weighted by Crippen LogP contribution is 2.32. The van der Waals surface area contributed by atoms with Crippen LogP contribution >= 0.6 is 34.2 Å². The van der Waals surface area contributed by atoms with Crippen LogP contribution in [0.25, 0.3) is 28.0 Å². The highest BCUT2D eigenvalue weighted by molar-refractivity contribution is 14.1. The van der Waals surface area contributed by atoms with Gasteiger partial charge in [-0.15, -0.1) is 5.10 Å². The monoisotopic (exact) mass is 540 g/mol. The second-order valence-corrected chi connectivity index (χ2v) is 8.47. The molecule has 2 heterocycles. The van der Waals surface area contributed by atoms with Crippen molar-refractivity contribution >= 4 is 45.1 Å². The van der Waals surface area contributed by atoms with Crippen molar-refractivity contribution < 1.29 is 9.84 Å². The zero-order chi connectivity index (χ0) is 21.4. The average Bonchev–Trinajstić information content (AvgIpc) is 3.24. The van der Waals surface area contributed by atoms with Crippen LogP contribution in [0.1, 0.15) is 0 Å². The summed E-state index contributed by atoms with van der Waals surface area (Å²) in [5, 5.41) is 19.4. The molecular weight excluding hydrogens is 527 g/mol. The number of ether oxygens (including phenoxy) is 1. The van der Waals surface area contributed by atoms with E-state index in [0.717, 1.165) is 20.2 Å². The Morgan fingerprint density at radius 2 is 1.77 bits per heavy atom. The van der Waals surface area contributed by atoms with Gasteiger partial charge in [-0.2, -0.15) is 0 Å². The molecule has 31 heavy (non-hydrogen) atoms. The summed E-state index contributed by atoms with van der Waals surface area (Å²) in [6.45, 7) is 0. The third-order valence-electron chi connectivity index (χ3n) is 4.63. The summed E-state index contributed by atoms with van der Waals surface area (Å²) in [5.74, 6) is 1.57. The third kappa shape index (κ3) is 4.19. The fraction of sp³-hybridized carbons (Fsp3) is 0. The summed E-state index contributed by atoms with van der Waals surface area (Å²) in [6.07, 6.45) is 1.80. The van der Waals surface area contributed by atoms with Gasteiger partial charge in [0.25, 0.3) is 0 Å². The smallest absolute Gasteiger partial charge is 0.136 e. The molecular formula is C23H14ClIN4O2. The van der Waals surface area contributed by atoms with E-state index in [9.17, 15) is 5.11 Å². The second-order valence-electron chi connectivity index (χ2n) is 6.79. The minimum absolute atomic E-state index is 0.200. The maximum absolute atomic E-state index is 9.46. The maximum atomic E-state index is 9.46. The van der Waals surface area contributed by atoms with Crippen LogP contribution in [0.15, 0.2) is 79.0 Å². The first-order valence-electron chi connectivity index (χ1n) is 9.31. The number of aromatic hydroxyl groups is 1. The summed E-state index contributed by atoms with van der Waals surface area (Å²) in [7, 11) is 0. The summed E-state index contributed by atoms with van der Waals surface area (Å²) >= 11 is 8.36. The van der Waals surface area contributed by atoms with Gasteiger partial charge in [0, 0.05) is 14.0 Å². The number of hydrogen-bond donors (Lipinski definition) is 1. The van der Waals surface area contributed by atoms with E-state index in [0.29, 0.717) is 27.9 Å². The molecule has 0 saturated heterocycles. The van der Waals surface area contributed by atoms with Crippen molar-refractivity contribution in [2.24, 2.45) is 0 Å². The Bertz CT molecular complexity index is 1380. The van der Waals surface area contributed by atoms with Crippen LogP contribution in [0, 0.1) is 3.57 Å². The van der Waals surface area contributed by atoms with Crippen molar-refractivity contribution in [1.29, 1.82) is 0 Å². The highest BCUT2D eigenvalue weighted by atomic mass is 127. The van der Waals surface area contributed by atoms with E-state index in [1.165, 1.54) is 0 Å². The highest BCUT2D eigenvalue weighted by Gasteiger charge is 2.11. The number of fused-ring (bicyclic) bond motifs is 1. The van der Waals surface area contributed by atoms with Gasteiger partial charge in [0.05, 0.1) is 23.1 Å². The van der Waals surface area contributed by atoms with Crippen molar-refractivity contribution in [1.82, 2.24) is 20.0 Å². The van der Waals surface area contributed by atoms with Crippen LogP contribution in [0.3, 0.4) is 0 Å². The molecule has 1 N–H and O–H groups in total. The van der Waals surface area contributed by atoms with Gasteiger partial charge < -0.3 is 9.84 Å². The fourth-order valence-corrected chi connectivity index (χ4v) is 4.24. The summed E-state index contributed by atoms with van der Waals surface area (Å²) in [4.78, 5) is 4.74. The largest absolute Gasteiger partial charge is 0.508 e. The predicted octanol–water partition coefficient (Wildman–Crippen LogP) is 6.24. The predicted molar refractivity (Wildman–Crippen MR) is 128 cm³/mol. The average molecular weight is 541 g/mol. The van der Waals surface area contributed by atoms with Crippen LogP contribution in [0.5, 0.6) is 17.2 Å². The number of halogens is 2. The van der Waals surface area contributed by atoms with Gasteiger partial charge in [0.15, 0.2) is 0 Å². The first kappa shape index (κ1) is 19.8. The number of hydrogen-bond acceptors (Lipinski definition) is 5. The Hall–Kier alpha value is -3.17. The minimum atomic E-state index is 0.200. The lowest BCUT2D eigenvalue weighted by Crippen LogP contribution is -1.93. The van der Waals surface area contributed by atoms with E-state index < -0.39 is 0 Å². The molecule has 6 nitrogen and oxygen atoms in total. The number of pyridine rings is 1. The topological polar surface area (TPSA) is 73.1 Å². The number of phenolic OH excluding ortho intramolecular Hbond substituents is 1. The van der Waals surface area contributed by atoms with Gasteiger partial charge in [0.2, 0.25) is 0 Å². The van der Waals surface area contributed by atoms with Gasteiger partial charge in [-0.1, -0.05) is 22.9 Å². The Morgan fingerprint density at radius 3 is 2.58 bits per heavy atom. The Morgan fingerprint density at radius 1 is 0.935 bits per heavy atom. The van der Waals surface area contributed by atoms with Gasteiger partial charge in [-0.25, -0.2) is 9.67 Å². The molecule has 152 valence electrons. The van der Waals surface area contributed by atoms with Crippen LogP contribution in [-0.4, -0.2) is 25.1 Å². The fourth-order valence-electron chi connectivity index (χ4n) is 3.19. The first-order chi connectivity index (χ1) is 15.0. The third-order valence-corrected chi connectivity index (χ3v) is 5.47. The lowest BCUT2D eigenvalue weighted by atomic mass is 10.1. The minimum Gasteiger partial charge on any atom is -0.508 e. The van der Waals surface area contributed by atoms with Gasteiger partial charge in [0.1, 0.15) is 22.9 Å². The van der Waals surface area contributed by atoms with E-state index in [4.69, 9.17) is 21.3 Å². The number of nitrogens with zero attached hydrogens (tertiary/aromatic N) is 4. The van der Waals surface area contributed by atoms with Gasteiger partial charge in [-0.3, -0.25) is 0 Å². The standard InChI is InChI=1S/C23H14ClIN4O2/c24-14-10-15(25)12-18(11-14)31-23-3-1-2-20-19(23)8-9-21(26-20)22-13-29(28-27-22)16-4-6-17(30)7-5-16/h1-13,30H. The van der Waals surface area contributed by atoms with Gasteiger partial charge in [-0.05, 0) is 89.3 Å². The lowest BCUT2D eigenvalue weighted by Gasteiger charge is -2.10. The molecule has 0 saturated carbocycles. The molecule has 0 unspecified atom stereocenters. The molecule has 0 atom stereocenters. The van der Waals surface area contributed by atoms with Crippen molar-refractivity contribution in [3.05, 3.63) is 87.6 Å². The molecule has 2 aromatic heterocycles. The molecule has 0 aliphatic rings. The number of rotatable bonds is 4. The van der Waals surface area contributed by atoms with Crippen LogP contribution < -0.4 is 4.74 Å². The van der Waals surface area contributed by atoms with E-state index in [1.807, 2.05) is 42.5 Å². The number of aromatic nitrogens is 4. The number of benzene rings is 3. The Balaban J connectivity index is 1.48. The summed E-state index contributed by atoms with van der Waals surface area (Å²) in [6, 6.07) is 21.9. The van der Waals surface area contributed by atoms with Crippen molar-refractivity contribution in [2.45, 2.75) is 0 Å². The van der Waals surface area contributed by atoms with E-state index >= 15 is 0 Å². The van der Waals surface area contributed by atoms with E-state index in [-0.39, 0.29) is 5.75 Å². The summed E-state index contributed by atoms with van der Waals surface area (Å²) < 4.78 is 8.73. The van der Waals surface area contributed by atoms with E-state index in [2.05, 4.69) is 32.9 Å². The molecule has 0 fully saturated rings. The zero-order valence-electron chi connectivity index (χ0n) is 15.9. The zero-order valence-corrected chi connectivity index (χ0v) is 18.8. The first-order valence-corrected chi connectivity index (χ1v) is 10.8. The Kier molecular flexibility index (Phi) is 5.21. The molecule has 5 rings (SSSR count). The number of phenols is 1. The van der Waals surface area contributed by atoms with Crippen LogP contribution in [-0.2, 0) is 0 Å². The molecule has 5 aromatic rings. The van der Waals surface area contributed by atoms with Gasteiger partial charge >= 0.3 is 0 Å².